The van der Waals surface area contributed by atoms with E-state index in [1.165, 1.54) is 0 Å². The zero-order valence-electron chi connectivity index (χ0n) is 10.00. The van der Waals surface area contributed by atoms with Crippen LogP contribution in [-0.2, 0) is 0 Å². The van der Waals surface area contributed by atoms with Gasteiger partial charge in [0.25, 0.3) is 5.91 Å². The highest BCUT2D eigenvalue weighted by molar-refractivity contribution is 9.10. The first-order valence-electron chi connectivity index (χ1n) is 5.87. The molecule has 2 nitrogen and oxygen atoms in total. The zero-order valence-corrected chi connectivity index (χ0v) is 13.1. The average Bonchev–Trinajstić information content (AvgIpc) is 2.35. The third-order valence-corrected chi connectivity index (χ3v) is 5.12. The molecule has 0 aliphatic carbocycles. The molecule has 0 spiro atoms. The van der Waals surface area contributed by atoms with Gasteiger partial charge in [-0.1, -0.05) is 18.5 Å². The third kappa shape index (κ3) is 3.01. The predicted octanol–water partition coefficient (Wildman–Crippen LogP) is 4.19. The molecule has 1 aromatic carbocycles. The number of nitrogens with zero attached hydrogens (tertiary/aromatic N) is 1. The molecule has 1 heterocycles. The van der Waals surface area contributed by atoms with Crippen molar-refractivity contribution in [2.24, 2.45) is 5.92 Å². The molecule has 0 saturated carbocycles. The van der Waals surface area contributed by atoms with Gasteiger partial charge in [-0.25, -0.2) is 0 Å². The summed E-state index contributed by atoms with van der Waals surface area (Å²) in [5.74, 6) is 0.378. The van der Waals surface area contributed by atoms with Crippen molar-refractivity contribution < 1.29 is 4.79 Å². The van der Waals surface area contributed by atoms with Gasteiger partial charge in [-0.15, -0.1) is 11.6 Å². The van der Waals surface area contributed by atoms with Gasteiger partial charge in [0, 0.05) is 28.5 Å². The molecule has 1 aromatic rings. The van der Waals surface area contributed by atoms with Gasteiger partial charge >= 0.3 is 0 Å². The summed E-state index contributed by atoms with van der Waals surface area (Å²) in [7, 11) is 0. The average molecular weight is 351 g/mol. The quantitative estimate of drug-likeness (QED) is 0.695. The van der Waals surface area contributed by atoms with Gasteiger partial charge in [-0.2, -0.15) is 0 Å². The van der Waals surface area contributed by atoms with Crippen LogP contribution >= 0.6 is 39.1 Å². The van der Waals surface area contributed by atoms with Crippen molar-refractivity contribution in [3.63, 3.8) is 0 Å². The number of hydrogen-bond donors (Lipinski definition) is 0. The maximum atomic E-state index is 12.3. The van der Waals surface area contributed by atoms with Crippen molar-refractivity contribution in [2.45, 2.75) is 18.7 Å². The lowest BCUT2D eigenvalue weighted by molar-refractivity contribution is 0.0687. The second kappa shape index (κ2) is 5.81. The largest absolute Gasteiger partial charge is 0.338 e. The maximum Gasteiger partial charge on any atom is 0.253 e. The summed E-state index contributed by atoms with van der Waals surface area (Å²) in [6, 6.07) is 5.26. The van der Waals surface area contributed by atoms with Crippen LogP contribution in [0.25, 0.3) is 0 Å². The summed E-state index contributed by atoms with van der Waals surface area (Å²) < 4.78 is 0.746. The van der Waals surface area contributed by atoms with Crippen LogP contribution in [0.5, 0.6) is 0 Å². The van der Waals surface area contributed by atoms with Gasteiger partial charge < -0.3 is 4.90 Å². The van der Waals surface area contributed by atoms with Gasteiger partial charge in [-0.3, -0.25) is 4.79 Å². The third-order valence-electron chi connectivity index (χ3n) is 3.25. The summed E-state index contributed by atoms with van der Waals surface area (Å²) in [5.41, 5.74) is 0.659. The topological polar surface area (TPSA) is 20.3 Å². The van der Waals surface area contributed by atoms with Gasteiger partial charge in [0.05, 0.1) is 5.02 Å². The molecule has 98 valence electrons. The number of amides is 1. The molecular weight excluding hydrogens is 337 g/mol. The summed E-state index contributed by atoms with van der Waals surface area (Å²) in [4.78, 5) is 14.2. The summed E-state index contributed by atoms with van der Waals surface area (Å²) in [6.07, 6.45) is 0.850. The van der Waals surface area contributed by atoms with Crippen LogP contribution in [0.4, 0.5) is 0 Å². The summed E-state index contributed by atoms with van der Waals surface area (Å²) in [5, 5.41) is 0.783. The maximum absolute atomic E-state index is 12.3. The highest BCUT2D eigenvalue weighted by Gasteiger charge is 2.27. The molecule has 1 aliphatic heterocycles. The number of halogens is 3. The second-order valence-corrected chi connectivity index (χ2v) is 6.48. The molecule has 18 heavy (non-hydrogen) atoms. The van der Waals surface area contributed by atoms with Crippen molar-refractivity contribution in [2.75, 3.05) is 13.1 Å². The number of hydrogen-bond acceptors (Lipinski definition) is 1. The first-order valence-corrected chi connectivity index (χ1v) is 7.48. The van der Waals surface area contributed by atoms with Crippen LogP contribution in [0.1, 0.15) is 23.7 Å². The Morgan fingerprint density at radius 2 is 2.22 bits per heavy atom. The molecule has 2 unspecified atom stereocenters. The molecule has 1 fully saturated rings. The number of carbonyl (C=O) groups is 1. The van der Waals surface area contributed by atoms with E-state index in [9.17, 15) is 4.79 Å². The van der Waals surface area contributed by atoms with Crippen LogP contribution in [-0.4, -0.2) is 29.3 Å². The van der Waals surface area contributed by atoms with Gasteiger partial charge in [-0.05, 0) is 46.5 Å². The van der Waals surface area contributed by atoms with Crippen LogP contribution in [0.15, 0.2) is 22.7 Å². The van der Waals surface area contributed by atoms with Crippen molar-refractivity contribution >= 4 is 45.0 Å². The Labute approximate surface area is 125 Å². The number of benzene rings is 1. The molecule has 0 radical (unpaired) electrons. The van der Waals surface area contributed by atoms with E-state index >= 15 is 0 Å². The monoisotopic (exact) mass is 349 g/mol. The summed E-state index contributed by atoms with van der Waals surface area (Å²) >= 11 is 15.4. The minimum Gasteiger partial charge on any atom is -0.338 e. The van der Waals surface area contributed by atoms with Crippen molar-refractivity contribution in [1.29, 1.82) is 0 Å². The molecule has 5 heteroatoms. The number of piperidine rings is 1. The van der Waals surface area contributed by atoms with Crippen molar-refractivity contribution in [3.05, 3.63) is 33.3 Å². The molecule has 1 saturated heterocycles. The second-order valence-electron chi connectivity index (χ2n) is 4.66. The number of likely N-dealkylation sites (tertiary alicyclic amines) is 1. The SMILES string of the molecule is CC1CN(C(=O)c2ccc(Cl)c(Br)c2)CCC1Cl. The highest BCUT2D eigenvalue weighted by atomic mass is 79.9. The Kier molecular flexibility index (Phi) is 4.57. The molecular formula is C13H14BrCl2NO. The zero-order chi connectivity index (χ0) is 13.3. The molecule has 2 rings (SSSR count). The molecule has 2 atom stereocenters. The van der Waals surface area contributed by atoms with E-state index in [0.717, 1.165) is 17.4 Å². The van der Waals surface area contributed by atoms with Gasteiger partial charge in [0.2, 0.25) is 0 Å². The Hall–Kier alpha value is -0.250. The Morgan fingerprint density at radius 3 is 2.83 bits per heavy atom. The Balaban J connectivity index is 2.14. The molecule has 0 N–H and O–H groups in total. The molecule has 0 bridgehead atoms. The lowest BCUT2D eigenvalue weighted by Gasteiger charge is -2.34. The normalized spacial score (nSPS) is 24.1. The van der Waals surface area contributed by atoms with E-state index in [4.69, 9.17) is 23.2 Å². The van der Waals surface area contributed by atoms with Crippen LogP contribution in [0.3, 0.4) is 0 Å². The number of rotatable bonds is 1. The lowest BCUT2D eigenvalue weighted by atomic mass is 9.99. The Bertz CT molecular complexity index is 466. The minimum absolute atomic E-state index is 0.0442. The molecule has 1 amide bonds. The van der Waals surface area contributed by atoms with Crippen LogP contribution < -0.4 is 0 Å². The van der Waals surface area contributed by atoms with E-state index in [2.05, 4.69) is 22.9 Å². The van der Waals surface area contributed by atoms with E-state index in [1.54, 1.807) is 18.2 Å². The van der Waals surface area contributed by atoms with Crippen LogP contribution in [0.2, 0.25) is 5.02 Å². The highest BCUT2D eigenvalue weighted by Crippen LogP contribution is 2.26. The smallest absolute Gasteiger partial charge is 0.253 e. The number of carbonyl (C=O) groups excluding carboxylic acids is 1. The fourth-order valence-corrected chi connectivity index (χ4v) is 2.79. The van der Waals surface area contributed by atoms with Crippen molar-refractivity contribution in [3.8, 4) is 0 Å². The fourth-order valence-electron chi connectivity index (χ4n) is 2.11. The number of alkyl halides is 1. The molecule has 1 aliphatic rings. The lowest BCUT2D eigenvalue weighted by Crippen LogP contribution is -2.43. The van der Waals surface area contributed by atoms with E-state index in [1.807, 2.05) is 4.90 Å². The standard InChI is InChI=1S/C13H14BrCl2NO/c1-8-7-17(5-4-11(8)15)13(18)9-2-3-12(16)10(14)6-9/h2-3,6,8,11H,4-5,7H2,1H3. The minimum atomic E-state index is 0.0442. The fraction of sp³-hybridized carbons (Fsp3) is 0.462. The Morgan fingerprint density at radius 1 is 1.50 bits per heavy atom. The first kappa shape index (κ1) is 14.2. The first-order chi connectivity index (χ1) is 8.49. The van der Waals surface area contributed by atoms with Crippen molar-refractivity contribution in [1.82, 2.24) is 4.90 Å². The van der Waals surface area contributed by atoms with Crippen LogP contribution in [0, 0.1) is 5.92 Å². The predicted molar refractivity (Wildman–Crippen MR) is 78.5 cm³/mol. The van der Waals surface area contributed by atoms with E-state index in [-0.39, 0.29) is 11.3 Å². The summed E-state index contributed by atoms with van der Waals surface area (Å²) in [6.45, 7) is 3.51. The van der Waals surface area contributed by atoms with Gasteiger partial charge in [0.15, 0.2) is 0 Å². The van der Waals surface area contributed by atoms with E-state index in [0.29, 0.717) is 23.0 Å². The van der Waals surface area contributed by atoms with Gasteiger partial charge in [0.1, 0.15) is 0 Å². The van der Waals surface area contributed by atoms with E-state index < -0.39 is 0 Å². The molecule has 0 aromatic heterocycles.